The Kier molecular flexibility index (Phi) is 4.65. The Morgan fingerprint density at radius 2 is 1.94 bits per heavy atom. The highest BCUT2D eigenvalue weighted by atomic mass is 15.1. The molecule has 0 spiro atoms. The molecule has 0 aromatic heterocycles. The third-order valence-corrected chi connectivity index (χ3v) is 4.25. The van der Waals surface area contributed by atoms with Gasteiger partial charge >= 0.3 is 0 Å². The predicted octanol–water partition coefficient (Wildman–Crippen LogP) is 3.35. The average molecular weight is 246 g/mol. The Balaban J connectivity index is 2.15. The molecule has 2 heteroatoms. The first-order valence-electron chi connectivity index (χ1n) is 7.28. The van der Waals surface area contributed by atoms with Crippen molar-refractivity contribution in [2.45, 2.75) is 57.5 Å². The lowest BCUT2D eigenvalue weighted by Crippen LogP contribution is -2.30. The van der Waals surface area contributed by atoms with Crippen molar-refractivity contribution in [2.24, 2.45) is 5.73 Å². The first kappa shape index (κ1) is 13.4. The standard InChI is InChI=1S/C16H26N2/c1-3-14(17)12-13-8-4-7-11-16(13)18(2)15-9-5-6-10-15/h4,7-8,11,14-15H,3,5-6,9-10,12,17H2,1-2H3. The van der Waals surface area contributed by atoms with Crippen LogP contribution in [0, 0.1) is 0 Å². The molecule has 0 heterocycles. The summed E-state index contributed by atoms with van der Waals surface area (Å²) in [5, 5.41) is 0. The van der Waals surface area contributed by atoms with E-state index in [9.17, 15) is 0 Å². The number of benzene rings is 1. The number of hydrogen-bond donors (Lipinski definition) is 1. The monoisotopic (exact) mass is 246 g/mol. The molecule has 0 saturated heterocycles. The Hall–Kier alpha value is -1.02. The zero-order chi connectivity index (χ0) is 13.0. The lowest BCUT2D eigenvalue weighted by Gasteiger charge is -2.29. The van der Waals surface area contributed by atoms with Gasteiger partial charge in [-0.3, -0.25) is 0 Å². The SMILES string of the molecule is CCC(N)Cc1ccccc1N(C)C1CCCC1. The van der Waals surface area contributed by atoms with Crippen LogP contribution in [-0.2, 0) is 6.42 Å². The molecule has 1 fully saturated rings. The van der Waals surface area contributed by atoms with E-state index in [1.165, 1.54) is 36.9 Å². The summed E-state index contributed by atoms with van der Waals surface area (Å²) < 4.78 is 0. The van der Waals surface area contributed by atoms with E-state index < -0.39 is 0 Å². The fourth-order valence-electron chi connectivity index (χ4n) is 2.94. The van der Waals surface area contributed by atoms with E-state index in [0.717, 1.165) is 18.9 Å². The molecule has 0 bridgehead atoms. The summed E-state index contributed by atoms with van der Waals surface area (Å²) in [6.45, 7) is 2.16. The summed E-state index contributed by atoms with van der Waals surface area (Å²) in [6, 6.07) is 9.75. The van der Waals surface area contributed by atoms with Gasteiger partial charge < -0.3 is 10.6 Å². The van der Waals surface area contributed by atoms with Gasteiger partial charge in [-0.2, -0.15) is 0 Å². The average Bonchev–Trinajstić information content (AvgIpc) is 2.92. The van der Waals surface area contributed by atoms with Crippen LogP contribution in [0.25, 0.3) is 0 Å². The first-order valence-corrected chi connectivity index (χ1v) is 7.28. The molecule has 0 radical (unpaired) electrons. The highest BCUT2D eigenvalue weighted by Gasteiger charge is 2.21. The molecule has 0 amide bonds. The lowest BCUT2D eigenvalue weighted by molar-refractivity contribution is 0.629. The number of para-hydroxylation sites is 1. The second kappa shape index (κ2) is 6.24. The zero-order valence-corrected chi connectivity index (χ0v) is 11.7. The number of hydrogen-bond acceptors (Lipinski definition) is 2. The van der Waals surface area contributed by atoms with E-state index in [4.69, 9.17) is 5.73 Å². The molecule has 1 aliphatic rings. The second-order valence-corrected chi connectivity index (χ2v) is 5.55. The normalized spacial score (nSPS) is 17.9. The Morgan fingerprint density at radius 1 is 1.28 bits per heavy atom. The van der Waals surface area contributed by atoms with E-state index >= 15 is 0 Å². The third kappa shape index (κ3) is 3.05. The van der Waals surface area contributed by atoms with Crippen molar-refractivity contribution in [1.82, 2.24) is 0 Å². The summed E-state index contributed by atoms with van der Waals surface area (Å²) in [7, 11) is 2.24. The van der Waals surface area contributed by atoms with E-state index in [1.807, 2.05) is 0 Å². The van der Waals surface area contributed by atoms with Gasteiger partial charge in [0.2, 0.25) is 0 Å². The van der Waals surface area contributed by atoms with E-state index in [0.29, 0.717) is 0 Å². The minimum atomic E-state index is 0.281. The number of nitrogens with two attached hydrogens (primary N) is 1. The van der Waals surface area contributed by atoms with Crippen molar-refractivity contribution in [2.75, 3.05) is 11.9 Å². The van der Waals surface area contributed by atoms with E-state index in [1.54, 1.807) is 0 Å². The van der Waals surface area contributed by atoms with Crippen LogP contribution in [0.2, 0.25) is 0 Å². The highest BCUT2D eigenvalue weighted by Crippen LogP contribution is 2.29. The Bertz CT molecular complexity index is 369. The molecule has 18 heavy (non-hydrogen) atoms. The summed E-state index contributed by atoms with van der Waals surface area (Å²) >= 11 is 0. The molecule has 1 unspecified atom stereocenters. The molecule has 0 aliphatic heterocycles. The van der Waals surface area contributed by atoms with Crippen LogP contribution < -0.4 is 10.6 Å². The van der Waals surface area contributed by atoms with Gasteiger partial charge in [0.1, 0.15) is 0 Å². The molecular formula is C16H26N2. The van der Waals surface area contributed by atoms with Crippen LogP contribution in [-0.4, -0.2) is 19.1 Å². The van der Waals surface area contributed by atoms with E-state index in [-0.39, 0.29) is 6.04 Å². The van der Waals surface area contributed by atoms with Crippen LogP contribution in [0.5, 0.6) is 0 Å². The van der Waals surface area contributed by atoms with Crippen LogP contribution in [0.15, 0.2) is 24.3 Å². The third-order valence-electron chi connectivity index (χ3n) is 4.25. The predicted molar refractivity (Wildman–Crippen MR) is 79.1 cm³/mol. The summed E-state index contributed by atoms with van der Waals surface area (Å²) in [4.78, 5) is 2.48. The second-order valence-electron chi connectivity index (χ2n) is 5.55. The van der Waals surface area contributed by atoms with Gasteiger partial charge in [-0.1, -0.05) is 38.0 Å². The number of nitrogens with zero attached hydrogens (tertiary/aromatic N) is 1. The quantitative estimate of drug-likeness (QED) is 0.863. The minimum Gasteiger partial charge on any atom is -0.371 e. The van der Waals surface area contributed by atoms with Crippen molar-refractivity contribution in [3.63, 3.8) is 0 Å². The van der Waals surface area contributed by atoms with Crippen molar-refractivity contribution in [1.29, 1.82) is 0 Å². The molecule has 2 N–H and O–H groups in total. The van der Waals surface area contributed by atoms with Crippen LogP contribution in [0.4, 0.5) is 5.69 Å². The largest absolute Gasteiger partial charge is 0.371 e. The maximum absolute atomic E-state index is 6.11. The van der Waals surface area contributed by atoms with Crippen LogP contribution in [0.3, 0.4) is 0 Å². The lowest BCUT2D eigenvalue weighted by atomic mass is 10.0. The molecule has 1 aromatic carbocycles. The zero-order valence-electron chi connectivity index (χ0n) is 11.7. The van der Waals surface area contributed by atoms with Gasteiger partial charge in [-0.15, -0.1) is 0 Å². The highest BCUT2D eigenvalue weighted by molar-refractivity contribution is 5.54. The molecule has 1 atom stereocenters. The molecule has 2 rings (SSSR count). The van der Waals surface area contributed by atoms with E-state index in [2.05, 4.69) is 43.1 Å². The van der Waals surface area contributed by atoms with Crippen molar-refractivity contribution >= 4 is 5.69 Å². The fourth-order valence-corrected chi connectivity index (χ4v) is 2.94. The molecule has 1 aromatic rings. The number of anilines is 1. The summed E-state index contributed by atoms with van der Waals surface area (Å²) in [6.07, 6.45) is 7.47. The van der Waals surface area contributed by atoms with Gasteiger partial charge in [0.25, 0.3) is 0 Å². The molecule has 1 saturated carbocycles. The van der Waals surface area contributed by atoms with Gasteiger partial charge in [0.05, 0.1) is 0 Å². The molecule has 100 valence electrons. The fraction of sp³-hybridized carbons (Fsp3) is 0.625. The maximum Gasteiger partial charge on any atom is 0.0399 e. The van der Waals surface area contributed by atoms with Gasteiger partial charge in [0, 0.05) is 24.8 Å². The van der Waals surface area contributed by atoms with Crippen molar-refractivity contribution < 1.29 is 0 Å². The number of rotatable bonds is 5. The van der Waals surface area contributed by atoms with Gasteiger partial charge in [-0.25, -0.2) is 0 Å². The summed E-state index contributed by atoms with van der Waals surface area (Å²) in [5.74, 6) is 0. The van der Waals surface area contributed by atoms with Crippen LogP contribution in [0.1, 0.15) is 44.6 Å². The smallest absolute Gasteiger partial charge is 0.0399 e. The molecule has 2 nitrogen and oxygen atoms in total. The Morgan fingerprint density at radius 3 is 2.61 bits per heavy atom. The first-order chi connectivity index (χ1) is 8.72. The summed E-state index contributed by atoms with van der Waals surface area (Å²) in [5.41, 5.74) is 8.90. The van der Waals surface area contributed by atoms with Gasteiger partial charge in [0.15, 0.2) is 0 Å². The Labute approximate surface area is 111 Å². The molecule has 1 aliphatic carbocycles. The minimum absolute atomic E-state index is 0.281. The maximum atomic E-state index is 6.11. The van der Waals surface area contributed by atoms with Crippen molar-refractivity contribution in [3.8, 4) is 0 Å². The molecular weight excluding hydrogens is 220 g/mol. The van der Waals surface area contributed by atoms with Gasteiger partial charge in [-0.05, 0) is 37.3 Å². The van der Waals surface area contributed by atoms with Crippen molar-refractivity contribution in [3.05, 3.63) is 29.8 Å². The van der Waals surface area contributed by atoms with Crippen LogP contribution >= 0.6 is 0 Å². The topological polar surface area (TPSA) is 29.3 Å².